The molecule has 0 atom stereocenters. The molecule has 1 aliphatic heterocycles. The van der Waals surface area contributed by atoms with Crippen molar-refractivity contribution in [3.05, 3.63) is 72.3 Å². The first kappa shape index (κ1) is 23.4. The summed E-state index contributed by atoms with van der Waals surface area (Å²) in [6.45, 7) is 0. The first-order chi connectivity index (χ1) is 18.1. The Hall–Kier alpha value is -3.99. The maximum atomic E-state index is 12.0. The first-order valence-electron chi connectivity index (χ1n) is 13.3. The number of rotatable bonds is 9. The third kappa shape index (κ3) is 4.29. The number of unbranched alkanes of at least 4 members (excludes halogenated alkanes) is 4. The first-order valence-corrected chi connectivity index (χ1v) is 13.3. The van der Waals surface area contributed by atoms with Gasteiger partial charge in [0.2, 0.25) is 0 Å². The second-order valence-electron chi connectivity index (χ2n) is 10.0. The Bertz CT molecular complexity index is 1630. The lowest BCUT2D eigenvalue weighted by Crippen LogP contribution is -2.31. The Morgan fingerprint density at radius 2 is 1.24 bits per heavy atom. The summed E-state index contributed by atoms with van der Waals surface area (Å²) in [7, 11) is 0. The van der Waals surface area contributed by atoms with Crippen LogP contribution in [-0.2, 0) is 25.6 Å². The molecule has 37 heavy (non-hydrogen) atoms. The number of hydrogen-bond donors (Lipinski definition) is 0. The quantitative estimate of drug-likeness (QED) is 0.0944. The third-order valence-corrected chi connectivity index (χ3v) is 7.62. The fourth-order valence-corrected chi connectivity index (χ4v) is 5.86. The van der Waals surface area contributed by atoms with Crippen molar-refractivity contribution in [3.63, 3.8) is 0 Å². The summed E-state index contributed by atoms with van der Waals surface area (Å²) in [6, 6.07) is 24.4. The van der Waals surface area contributed by atoms with E-state index in [9.17, 15) is 14.4 Å². The monoisotopic (exact) mass is 491 g/mol. The van der Waals surface area contributed by atoms with Gasteiger partial charge in [0, 0.05) is 19.3 Å². The molecule has 0 saturated carbocycles. The number of carbonyl (C=O) groups excluding carboxylic acids is 3. The Morgan fingerprint density at radius 1 is 0.649 bits per heavy atom. The maximum absolute atomic E-state index is 12.0. The van der Waals surface area contributed by atoms with E-state index in [0.717, 1.165) is 32.1 Å². The Balaban J connectivity index is 1.11. The summed E-state index contributed by atoms with van der Waals surface area (Å²) in [5.74, 6) is -1.38. The summed E-state index contributed by atoms with van der Waals surface area (Å²) in [4.78, 5) is 40.0. The molecule has 0 bridgehead atoms. The molecule has 0 aromatic heterocycles. The van der Waals surface area contributed by atoms with Crippen LogP contribution in [0.4, 0.5) is 0 Å². The van der Waals surface area contributed by atoms with Crippen molar-refractivity contribution in [2.45, 2.75) is 57.8 Å². The van der Waals surface area contributed by atoms with E-state index in [2.05, 4.69) is 66.7 Å². The second kappa shape index (κ2) is 9.81. The van der Waals surface area contributed by atoms with Gasteiger partial charge < -0.3 is 4.84 Å². The average Bonchev–Trinajstić information content (AvgIpc) is 3.23. The van der Waals surface area contributed by atoms with Crippen LogP contribution in [-0.4, -0.2) is 22.8 Å². The van der Waals surface area contributed by atoms with Crippen molar-refractivity contribution in [1.82, 2.24) is 5.06 Å². The summed E-state index contributed by atoms with van der Waals surface area (Å²) in [5.41, 5.74) is 1.39. The van der Waals surface area contributed by atoms with Gasteiger partial charge in [0.25, 0.3) is 11.8 Å². The number of benzene rings is 5. The smallest absolute Gasteiger partial charge is 0.330 e. The van der Waals surface area contributed by atoms with Gasteiger partial charge in [0.05, 0.1) is 0 Å². The van der Waals surface area contributed by atoms with Gasteiger partial charge in [-0.15, -0.1) is 5.06 Å². The SMILES string of the molecule is O=C(CCCCCCCc1ccc2cccc3c4cccc5cccc(c1c23)c54)ON1C(=O)CCC1=O. The minimum Gasteiger partial charge on any atom is -0.330 e. The molecule has 5 aromatic rings. The summed E-state index contributed by atoms with van der Waals surface area (Å²) < 4.78 is 0. The predicted molar refractivity (Wildman–Crippen MR) is 146 cm³/mol. The van der Waals surface area contributed by atoms with E-state index in [4.69, 9.17) is 4.84 Å². The summed E-state index contributed by atoms with van der Waals surface area (Å²) >= 11 is 0. The van der Waals surface area contributed by atoms with Crippen LogP contribution in [0.15, 0.2) is 66.7 Å². The molecule has 1 fully saturated rings. The Morgan fingerprint density at radius 3 is 1.97 bits per heavy atom. The van der Waals surface area contributed by atoms with Crippen molar-refractivity contribution in [2.75, 3.05) is 0 Å². The van der Waals surface area contributed by atoms with Gasteiger partial charge in [-0.3, -0.25) is 9.59 Å². The van der Waals surface area contributed by atoms with Crippen LogP contribution < -0.4 is 0 Å². The van der Waals surface area contributed by atoms with Crippen LogP contribution in [0.3, 0.4) is 0 Å². The molecule has 1 saturated heterocycles. The van der Waals surface area contributed by atoms with Crippen LogP contribution in [0.25, 0.3) is 43.1 Å². The topological polar surface area (TPSA) is 63.7 Å². The van der Waals surface area contributed by atoms with Crippen LogP contribution in [0.2, 0.25) is 0 Å². The molecule has 0 unspecified atom stereocenters. The molecule has 5 aromatic carbocycles. The van der Waals surface area contributed by atoms with Gasteiger partial charge >= 0.3 is 5.97 Å². The highest BCUT2D eigenvalue weighted by atomic mass is 16.7. The van der Waals surface area contributed by atoms with Crippen molar-refractivity contribution in [3.8, 4) is 0 Å². The normalized spacial score (nSPS) is 14.1. The third-order valence-electron chi connectivity index (χ3n) is 7.62. The zero-order chi connectivity index (χ0) is 25.4. The van der Waals surface area contributed by atoms with Crippen molar-refractivity contribution in [2.24, 2.45) is 0 Å². The number of nitrogens with zero attached hydrogens (tertiary/aromatic N) is 1. The van der Waals surface area contributed by atoms with Gasteiger partial charge in [-0.05, 0) is 67.9 Å². The number of amides is 2. The number of fused-ring (bicyclic) bond motifs is 2. The highest BCUT2D eigenvalue weighted by Gasteiger charge is 2.32. The molecule has 5 nitrogen and oxygen atoms in total. The van der Waals surface area contributed by atoms with Crippen molar-refractivity contribution >= 4 is 60.9 Å². The number of carbonyl (C=O) groups is 3. The fourth-order valence-electron chi connectivity index (χ4n) is 5.86. The lowest BCUT2D eigenvalue weighted by molar-refractivity contribution is -0.197. The van der Waals surface area contributed by atoms with E-state index < -0.39 is 17.8 Å². The Labute approximate surface area is 215 Å². The van der Waals surface area contributed by atoms with Gasteiger partial charge in [0.15, 0.2) is 0 Å². The molecule has 0 radical (unpaired) electrons. The van der Waals surface area contributed by atoms with E-state index >= 15 is 0 Å². The van der Waals surface area contributed by atoms with Gasteiger partial charge in [-0.1, -0.05) is 86.0 Å². The van der Waals surface area contributed by atoms with E-state index in [1.54, 1.807) is 0 Å². The summed E-state index contributed by atoms with van der Waals surface area (Å²) in [5, 5.41) is 11.3. The zero-order valence-electron chi connectivity index (χ0n) is 20.8. The minimum absolute atomic E-state index is 0.119. The lowest BCUT2D eigenvalue weighted by atomic mass is 9.86. The number of imide groups is 1. The molecule has 0 aliphatic carbocycles. The highest BCUT2D eigenvalue weighted by Crippen LogP contribution is 2.41. The molecule has 1 heterocycles. The average molecular weight is 492 g/mol. The highest BCUT2D eigenvalue weighted by molar-refractivity contribution is 6.33. The van der Waals surface area contributed by atoms with Crippen LogP contribution >= 0.6 is 0 Å². The molecule has 6 rings (SSSR count). The van der Waals surface area contributed by atoms with Gasteiger partial charge in [0.1, 0.15) is 0 Å². The summed E-state index contributed by atoms with van der Waals surface area (Å²) in [6.07, 6.45) is 6.27. The number of hydroxylamine groups is 2. The van der Waals surface area contributed by atoms with E-state index in [1.165, 1.54) is 48.7 Å². The minimum atomic E-state index is -0.510. The van der Waals surface area contributed by atoms with Crippen molar-refractivity contribution < 1.29 is 19.2 Å². The zero-order valence-corrected chi connectivity index (χ0v) is 20.8. The number of hydrogen-bond acceptors (Lipinski definition) is 4. The molecular weight excluding hydrogens is 462 g/mol. The van der Waals surface area contributed by atoms with E-state index in [-0.39, 0.29) is 19.3 Å². The molecule has 1 aliphatic rings. The second-order valence-corrected chi connectivity index (χ2v) is 10.0. The van der Waals surface area contributed by atoms with Gasteiger partial charge in [-0.2, -0.15) is 0 Å². The largest absolute Gasteiger partial charge is 0.333 e. The van der Waals surface area contributed by atoms with E-state index in [0.29, 0.717) is 11.5 Å². The Kier molecular flexibility index (Phi) is 6.21. The molecule has 0 N–H and O–H groups in total. The standard InChI is InChI=1S/C32H29NO4/c34-27-19-20-28(35)33(27)37-29(36)16-5-3-1-2-4-9-22-17-18-23-12-7-14-25-24-13-6-10-21-11-8-15-26(30(21)24)32(22)31(23)25/h6-8,10-15,17-18H,1-5,9,16,19-20H2. The van der Waals surface area contributed by atoms with Gasteiger partial charge in [-0.25, -0.2) is 4.79 Å². The molecule has 2 amide bonds. The fraction of sp³-hybridized carbons (Fsp3) is 0.281. The maximum Gasteiger partial charge on any atom is 0.333 e. The molecule has 0 spiro atoms. The molecule has 5 heteroatoms. The molecular formula is C32H29NO4. The van der Waals surface area contributed by atoms with Crippen LogP contribution in [0.5, 0.6) is 0 Å². The lowest BCUT2D eigenvalue weighted by Gasteiger charge is -2.17. The predicted octanol–water partition coefficient (Wildman–Crippen LogP) is 7.23. The van der Waals surface area contributed by atoms with Crippen LogP contribution in [0.1, 0.15) is 56.9 Å². The van der Waals surface area contributed by atoms with Crippen molar-refractivity contribution in [1.29, 1.82) is 0 Å². The van der Waals surface area contributed by atoms with E-state index in [1.807, 2.05) is 0 Å². The molecule has 186 valence electrons. The van der Waals surface area contributed by atoms with Crippen LogP contribution in [0, 0.1) is 0 Å². The number of aryl methyl sites for hydroxylation is 1.